The Labute approximate surface area is 113 Å². The Hall–Kier alpha value is -2.29. The number of rotatable bonds is 5. The van der Waals surface area contributed by atoms with Crippen LogP contribution in [-0.4, -0.2) is 12.5 Å². The second-order valence-electron chi connectivity index (χ2n) is 4.47. The van der Waals surface area contributed by atoms with E-state index in [4.69, 9.17) is 5.73 Å². The number of hydrogen-bond acceptors (Lipinski definition) is 2. The van der Waals surface area contributed by atoms with Gasteiger partial charge < -0.3 is 11.1 Å². The van der Waals surface area contributed by atoms with Crippen LogP contribution >= 0.6 is 0 Å². The zero-order valence-corrected chi connectivity index (χ0v) is 10.8. The van der Waals surface area contributed by atoms with Crippen molar-refractivity contribution < 1.29 is 4.79 Å². The van der Waals surface area contributed by atoms with Gasteiger partial charge in [0.15, 0.2) is 0 Å². The number of amides is 1. The number of anilines is 1. The van der Waals surface area contributed by atoms with Crippen LogP contribution < -0.4 is 11.1 Å². The summed E-state index contributed by atoms with van der Waals surface area (Å²) in [5.74, 6) is -0.0481. The van der Waals surface area contributed by atoms with E-state index in [1.807, 2.05) is 18.2 Å². The molecule has 0 saturated carbocycles. The van der Waals surface area contributed by atoms with Gasteiger partial charge in [0.05, 0.1) is 0 Å². The average Bonchev–Trinajstić information content (AvgIpc) is 2.45. The second kappa shape index (κ2) is 6.59. The molecule has 2 rings (SSSR count). The molecule has 1 amide bonds. The highest BCUT2D eigenvalue weighted by Gasteiger charge is 2.03. The molecule has 0 unspecified atom stereocenters. The Bertz CT molecular complexity index is 520. The number of aryl methyl sites for hydroxylation is 1. The van der Waals surface area contributed by atoms with E-state index in [2.05, 4.69) is 17.4 Å². The molecule has 0 heterocycles. The van der Waals surface area contributed by atoms with Crippen molar-refractivity contribution in [2.75, 3.05) is 12.3 Å². The summed E-state index contributed by atoms with van der Waals surface area (Å²) in [6, 6.07) is 17.2. The number of nitrogens with two attached hydrogens (primary N) is 1. The van der Waals surface area contributed by atoms with Crippen LogP contribution in [0.2, 0.25) is 0 Å². The van der Waals surface area contributed by atoms with Gasteiger partial charge in [0.2, 0.25) is 0 Å². The Morgan fingerprint density at radius 1 is 1.00 bits per heavy atom. The van der Waals surface area contributed by atoms with Crippen molar-refractivity contribution in [3.05, 3.63) is 65.7 Å². The number of hydrogen-bond donors (Lipinski definition) is 2. The lowest BCUT2D eigenvalue weighted by atomic mass is 10.1. The van der Waals surface area contributed by atoms with Gasteiger partial charge in [-0.05, 0) is 42.7 Å². The minimum Gasteiger partial charge on any atom is -0.399 e. The molecular formula is C16H18N2O. The van der Waals surface area contributed by atoms with Crippen molar-refractivity contribution in [2.45, 2.75) is 12.8 Å². The zero-order valence-electron chi connectivity index (χ0n) is 10.8. The van der Waals surface area contributed by atoms with Crippen molar-refractivity contribution in [2.24, 2.45) is 0 Å². The number of nitrogen functional groups attached to an aromatic ring is 1. The molecule has 3 N–H and O–H groups in total. The lowest BCUT2D eigenvalue weighted by Gasteiger charge is -2.05. The molecule has 0 atom stereocenters. The minimum absolute atomic E-state index is 0.0481. The summed E-state index contributed by atoms with van der Waals surface area (Å²) in [4.78, 5) is 11.8. The third-order valence-corrected chi connectivity index (χ3v) is 2.94. The smallest absolute Gasteiger partial charge is 0.251 e. The lowest BCUT2D eigenvalue weighted by molar-refractivity contribution is 0.0953. The Morgan fingerprint density at radius 2 is 1.68 bits per heavy atom. The van der Waals surface area contributed by atoms with E-state index in [9.17, 15) is 4.79 Å². The predicted molar refractivity (Wildman–Crippen MR) is 78.0 cm³/mol. The molecule has 0 radical (unpaired) electrons. The monoisotopic (exact) mass is 254 g/mol. The topological polar surface area (TPSA) is 55.1 Å². The van der Waals surface area contributed by atoms with Crippen LogP contribution in [0.15, 0.2) is 54.6 Å². The van der Waals surface area contributed by atoms with E-state index in [0.717, 1.165) is 12.8 Å². The molecule has 0 spiro atoms. The molecule has 0 bridgehead atoms. The van der Waals surface area contributed by atoms with Crippen LogP contribution in [0.5, 0.6) is 0 Å². The lowest BCUT2D eigenvalue weighted by Crippen LogP contribution is -2.24. The third-order valence-electron chi connectivity index (χ3n) is 2.94. The summed E-state index contributed by atoms with van der Waals surface area (Å²) in [5.41, 5.74) is 8.19. The van der Waals surface area contributed by atoms with E-state index in [0.29, 0.717) is 17.8 Å². The first-order valence-electron chi connectivity index (χ1n) is 6.43. The van der Waals surface area contributed by atoms with Gasteiger partial charge in [-0.15, -0.1) is 0 Å². The van der Waals surface area contributed by atoms with Crippen LogP contribution in [0.4, 0.5) is 5.69 Å². The van der Waals surface area contributed by atoms with E-state index >= 15 is 0 Å². The summed E-state index contributed by atoms with van der Waals surface area (Å²) >= 11 is 0. The maximum absolute atomic E-state index is 11.8. The van der Waals surface area contributed by atoms with Gasteiger partial charge in [-0.25, -0.2) is 0 Å². The standard InChI is InChI=1S/C16H18N2O/c17-15-10-8-14(9-11-15)16(19)18-12-4-7-13-5-2-1-3-6-13/h1-3,5-6,8-11H,4,7,12,17H2,(H,18,19). The molecule has 0 aliphatic rings. The highest BCUT2D eigenvalue weighted by Crippen LogP contribution is 2.05. The highest BCUT2D eigenvalue weighted by atomic mass is 16.1. The number of benzene rings is 2. The fourth-order valence-corrected chi connectivity index (χ4v) is 1.88. The molecule has 2 aromatic carbocycles. The van der Waals surface area contributed by atoms with Gasteiger partial charge in [0, 0.05) is 17.8 Å². The molecule has 98 valence electrons. The van der Waals surface area contributed by atoms with Crippen molar-refractivity contribution in [3.8, 4) is 0 Å². The van der Waals surface area contributed by atoms with Gasteiger partial charge in [-0.3, -0.25) is 4.79 Å². The molecule has 0 aliphatic carbocycles. The van der Waals surface area contributed by atoms with Crippen LogP contribution in [-0.2, 0) is 6.42 Å². The summed E-state index contributed by atoms with van der Waals surface area (Å²) < 4.78 is 0. The first-order valence-corrected chi connectivity index (χ1v) is 6.43. The van der Waals surface area contributed by atoms with Crippen LogP contribution in [0, 0.1) is 0 Å². The van der Waals surface area contributed by atoms with Crippen molar-refractivity contribution in [1.82, 2.24) is 5.32 Å². The Kier molecular flexibility index (Phi) is 4.56. The van der Waals surface area contributed by atoms with Crippen molar-refractivity contribution in [3.63, 3.8) is 0 Å². The summed E-state index contributed by atoms with van der Waals surface area (Å²) in [6.07, 6.45) is 1.91. The number of carbonyl (C=O) groups is 1. The van der Waals surface area contributed by atoms with Crippen molar-refractivity contribution >= 4 is 11.6 Å². The molecule has 19 heavy (non-hydrogen) atoms. The third kappa shape index (κ3) is 4.14. The molecule has 0 aromatic heterocycles. The summed E-state index contributed by atoms with van der Waals surface area (Å²) in [7, 11) is 0. The normalized spacial score (nSPS) is 10.1. The quantitative estimate of drug-likeness (QED) is 0.636. The Balaban J connectivity index is 1.74. The van der Waals surface area contributed by atoms with Crippen LogP contribution in [0.3, 0.4) is 0 Å². The molecular weight excluding hydrogens is 236 g/mol. The fourth-order valence-electron chi connectivity index (χ4n) is 1.88. The SMILES string of the molecule is Nc1ccc(C(=O)NCCCc2ccccc2)cc1. The van der Waals surface area contributed by atoms with Crippen LogP contribution in [0.1, 0.15) is 22.3 Å². The summed E-state index contributed by atoms with van der Waals surface area (Å²) in [5, 5.41) is 2.91. The molecule has 0 saturated heterocycles. The number of nitrogens with one attached hydrogen (secondary N) is 1. The average molecular weight is 254 g/mol. The van der Waals surface area contributed by atoms with E-state index in [1.54, 1.807) is 24.3 Å². The van der Waals surface area contributed by atoms with Gasteiger partial charge >= 0.3 is 0 Å². The summed E-state index contributed by atoms with van der Waals surface area (Å²) in [6.45, 7) is 0.679. The van der Waals surface area contributed by atoms with Crippen LogP contribution in [0.25, 0.3) is 0 Å². The van der Waals surface area contributed by atoms with Gasteiger partial charge in [0.25, 0.3) is 5.91 Å². The van der Waals surface area contributed by atoms with Gasteiger partial charge in [-0.1, -0.05) is 30.3 Å². The molecule has 0 fully saturated rings. The maximum atomic E-state index is 11.8. The maximum Gasteiger partial charge on any atom is 0.251 e. The fraction of sp³-hybridized carbons (Fsp3) is 0.188. The zero-order chi connectivity index (χ0) is 13.5. The Morgan fingerprint density at radius 3 is 2.37 bits per heavy atom. The second-order valence-corrected chi connectivity index (χ2v) is 4.47. The van der Waals surface area contributed by atoms with Gasteiger partial charge in [0.1, 0.15) is 0 Å². The van der Waals surface area contributed by atoms with Crippen molar-refractivity contribution in [1.29, 1.82) is 0 Å². The molecule has 0 aliphatic heterocycles. The molecule has 3 nitrogen and oxygen atoms in total. The van der Waals surface area contributed by atoms with Gasteiger partial charge in [-0.2, -0.15) is 0 Å². The van der Waals surface area contributed by atoms with E-state index < -0.39 is 0 Å². The largest absolute Gasteiger partial charge is 0.399 e. The minimum atomic E-state index is -0.0481. The predicted octanol–water partition coefficient (Wildman–Crippen LogP) is 2.63. The highest BCUT2D eigenvalue weighted by molar-refractivity contribution is 5.94. The van der Waals surface area contributed by atoms with E-state index in [-0.39, 0.29) is 5.91 Å². The first kappa shape index (κ1) is 13.1. The molecule has 3 heteroatoms. The first-order chi connectivity index (χ1) is 9.25. The van der Waals surface area contributed by atoms with E-state index in [1.165, 1.54) is 5.56 Å². The molecule has 2 aromatic rings. The number of carbonyl (C=O) groups excluding carboxylic acids is 1.